The van der Waals surface area contributed by atoms with Crippen molar-refractivity contribution >= 4 is 15.9 Å². The van der Waals surface area contributed by atoms with E-state index in [0.29, 0.717) is 12.0 Å². The Morgan fingerprint density at radius 2 is 2.15 bits per heavy atom. The molecule has 20 heavy (non-hydrogen) atoms. The van der Waals surface area contributed by atoms with Crippen LogP contribution < -0.4 is 4.72 Å². The summed E-state index contributed by atoms with van der Waals surface area (Å²) in [5.41, 5.74) is 0.326. The van der Waals surface area contributed by atoms with Gasteiger partial charge in [0.1, 0.15) is 0 Å². The van der Waals surface area contributed by atoms with Gasteiger partial charge in [0.2, 0.25) is 10.0 Å². The highest BCUT2D eigenvalue weighted by molar-refractivity contribution is 7.89. The maximum atomic E-state index is 12.2. The lowest BCUT2D eigenvalue weighted by atomic mass is 10.2. The van der Waals surface area contributed by atoms with Crippen LogP contribution in [0, 0.1) is 5.92 Å². The largest absolute Gasteiger partial charge is 0.396 e. The van der Waals surface area contributed by atoms with Gasteiger partial charge in [-0.25, -0.2) is 13.1 Å². The summed E-state index contributed by atoms with van der Waals surface area (Å²) in [4.78, 5) is 13.3. The maximum absolute atomic E-state index is 12.2. The van der Waals surface area contributed by atoms with Crippen molar-refractivity contribution in [2.75, 3.05) is 20.7 Å². The smallest absolute Gasteiger partial charge is 0.253 e. The summed E-state index contributed by atoms with van der Waals surface area (Å²) < 4.78 is 26.9. The van der Waals surface area contributed by atoms with E-state index >= 15 is 0 Å². The van der Waals surface area contributed by atoms with Crippen LogP contribution in [0.2, 0.25) is 0 Å². The number of carbonyl (C=O) groups is 1. The van der Waals surface area contributed by atoms with Crippen molar-refractivity contribution in [3.63, 3.8) is 0 Å². The quantitative estimate of drug-likeness (QED) is 0.804. The highest BCUT2D eigenvalue weighted by Gasteiger charge is 2.39. The van der Waals surface area contributed by atoms with Crippen LogP contribution in [-0.2, 0) is 10.0 Å². The zero-order valence-electron chi connectivity index (χ0n) is 11.4. The minimum Gasteiger partial charge on any atom is -0.396 e. The molecule has 1 aromatic carbocycles. The van der Waals surface area contributed by atoms with Crippen LogP contribution in [-0.4, -0.2) is 51.1 Å². The lowest BCUT2D eigenvalue weighted by molar-refractivity contribution is 0.0827. The second kappa shape index (κ2) is 5.51. The number of sulfonamides is 1. The van der Waals surface area contributed by atoms with Crippen molar-refractivity contribution in [2.24, 2.45) is 5.92 Å². The van der Waals surface area contributed by atoms with Gasteiger partial charge in [0.15, 0.2) is 0 Å². The monoisotopic (exact) mass is 298 g/mol. The molecular formula is C13H18N2O4S. The van der Waals surface area contributed by atoms with E-state index in [-0.39, 0.29) is 29.4 Å². The van der Waals surface area contributed by atoms with E-state index in [1.807, 2.05) is 0 Å². The van der Waals surface area contributed by atoms with Crippen molar-refractivity contribution in [3.05, 3.63) is 29.8 Å². The topological polar surface area (TPSA) is 86.7 Å². The first-order chi connectivity index (χ1) is 9.35. The summed E-state index contributed by atoms with van der Waals surface area (Å²) in [5.74, 6) is -0.252. The lowest BCUT2D eigenvalue weighted by Gasteiger charge is -2.11. The summed E-state index contributed by atoms with van der Waals surface area (Å²) >= 11 is 0. The average Bonchev–Trinajstić information content (AvgIpc) is 3.15. The Morgan fingerprint density at radius 1 is 1.45 bits per heavy atom. The van der Waals surface area contributed by atoms with Crippen LogP contribution in [0.25, 0.3) is 0 Å². The van der Waals surface area contributed by atoms with Crippen LogP contribution >= 0.6 is 0 Å². The molecule has 7 heteroatoms. The number of rotatable bonds is 5. The number of carbonyl (C=O) groups excluding carboxylic acids is 1. The molecule has 0 radical (unpaired) electrons. The maximum Gasteiger partial charge on any atom is 0.253 e. The second-order valence-electron chi connectivity index (χ2n) is 5.13. The van der Waals surface area contributed by atoms with E-state index in [9.17, 15) is 13.2 Å². The summed E-state index contributed by atoms with van der Waals surface area (Å²) in [5, 5.41) is 8.94. The van der Waals surface area contributed by atoms with E-state index in [2.05, 4.69) is 4.72 Å². The van der Waals surface area contributed by atoms with Crippen LogP contribution in [0.1, 0.15) is 16.8 Å². The molecular weight excluding hydrogens is 280 g/mol. The normalized spacial score (nSPS) is 21.6. The summed E-state index contributed by atoms with van der Waals surface area (Å²) in [6, 6.07) is 5.72. The molecule has 2 rings (SSSR count). The van der Waals surface area contributed by atoms with E-state index in [0.717, 1.165) is 0 Å². The van der Waals surface area contributed by atoms with Gasteiger partial charge in [-0.15, -0.1) is 0 Å². The highest BCUT2D eigenvalue weighted by Crippen LogP contribution is 2.31. The van der Waals surface area contributed by atoms with Crippen molar-refractivity contribution in [1.29, 1.82) is 0 Å². The van der Waals surface area contributed by atoms with Gasteiger partial charge in [-0.1, -0.05) is 6.07 Å². The van der Waals surface area contributed by atoms with Gasteiger partial charge >= 0.3 is 0 Å². The zero-order chi connectivity index (χ0) is 14.9. The molecule has 1 aliphatic carbocycles. The molecule has 2 unspecified atom stereocenters. The molecule has 0 aliphatic heterocycles. The molecule has 1 fully saturated rings. The first kappa shape index (κ1) is 15.0. The molecule has 1 amide bonds. The number of benzene rings is 1. The predicted molar refractivity (Wildman–Crippen MR) is 73.8 cm³/mol. The lowest BCUT2D eigenvalue weighted by Crippen LogP contribution is -2.28. The molecule has 0 bridgehead atoms. The minimum absolute atomic E-state index is 0.00337. The highest BCUT2D eigenvalue weighted by atomic mass is 32.2. The van der Waals surface area contributed by atoms with Crippen LogP contribution in [0.3, 0.4) is 0 Å². The molecule has 1 aromatic rings. The molecule has 2 atom stereocenters. The number of amides is 1. The van der Waals surface area contributed by atoms with Crippen molar-refractivity contribution in [1.82, 2.24) is 9.62 Å². The molecule has 6 nitrogen and oxygen atoms in total. The molecule has 1 aliphatic rings. The Hall–Kier alpha value is -1.44. The Morgan fingerprint density at radius 3 is 2.70 bits per heavy atom. The van der Waals surface area contributed by atoms with Crippen molar-refractivity contribution < 1.29 is 18.3 Å². The first-order valence-electron chi connectivity index (χ1n) is 6.30. The third kappa shape index (κ3) is 3.17. The zero-order valence-corrected chi connectivity index (χ0v) is 12.2. The van der Waals surface area contributed by atoms with E-state index in [4.69, 9.17) is 5.11 Å². The van der Waals surface area contributed by atoms with E-state index in [1.165, 1.54) is 17.0 Å². The van der Waals surface area contributed by atoms with Gasteiger partial charge in [0, 0.05) is 32.3 Å². The third-order valence-corrected chi connectivity index (χ3v) is 4.75. The molecule has 2 N–H and O–H groups in total. The average molecular weight is 298 g/mol. The van der Waals surface area contributed by atoms with Gasteiger partial charge < -0.3 is 10.0 Å². The minimum atomic E-state index is -3.65. The number of nitrogens with zero attached hydrogens (tertiary/aromatic N) is 1. The fourth-order valence-electron chi connectivity index (χ4n) is 1.92. The standard InChI is InChI=1S/C13H18N2O4S/c1-15(2)13(17)9-4-3-5-11(6-9)20(18,19)14-12-7-10(12)8-16/h3-6,10,12,14,16H,7-8H2,1-2H3. The van der Waals surface area contributed by atoms with Crippen molar-refractivity contribution in [3.8, 4) is 0 Å². The van der Waals surface area contributed by atoms with E-state index in [1.54, 1.807) is 26.2 Å². The number of hydrogen-bond acceptors (Lipinski definition) is 4. The summed E-state index contributed by atoms with van der Waals surface area (Å²) in [7, 11) is -0.436. The number of nitrogens with one attached hydrogen (secondary N) is 1. The molecule has 110 valence electrons. The Kier molecular flexibility index (Phi) is 4.12. The Bertz CT molecular complexity index is 613. The van der Waals surface area contributed by atoms with E-state index < -0.39 is 10.0 Å². The number of aliphatic hydroxyl groups is 1. The van der Waals surface area contributed by atoms with Gasteiger partial charge in [-0.3, -0.25) is 4.79 Å². The van der Waals surface area contributed by atoms with Crippen LogP contribution in [0.5, 0.6) is 0 Å². The summed E-state index contributed by atoms with van der Waals surface area (Å²) in [6.45, 7) is -0.0215. The van der Waals surface area contributed by atoms with Gasteiger partial charge in [0.25, 0.3) is 5.91 Å². The molecule has 0 aromatic heterocycles. The predicted octanol–water partition coefficient (Wildman–Crippen LogP) is 0.0475. The van der Waals surface area contributed by atoms with Crippen molar-refractivity contribution in [2.45, 2.75) is 17.4 Å². The second-order valence-corrected chi connectivity index (χ2v) is 6.85. The molecule has 0 spiro atoms. The Labute approximate surface area is 118 Å². The van der Waals surface area contributed by atoms with Gasteiger partial charge in [0.05, 0.1) is 4.90 Å². The fourth-order valence-corrected chi connectivity index (χ4v) is 3.28. The van der Waals surface area contributed by atoms with Crippen LogP contribution in [0.4, 0.5) is 0 Å². The molecule has 0 saturated heterocycles. The van der Waals surface area contributed by atoms with Gasteiger partial charge in [-0.2, -0.15) is 0 Å². The number of hydrogen-bond donors (Lipinski definition) is 2. The number of aliphatic hydroxyl groups excluding tert-OH is 1. The van der Waals surface area contributed by atoms with Gasteiger partial charge in [-0.05, 0) is 30.5 Å². The Balaban J connectivity index is 2.20. The SMILES string of the molecule is CN(C)C(=O)c1cccc(S(=O)(=O)NC2CC2CO)c1. The third-order valence-electron chi connectivity index (χ3n) is 3.26. The first-order valence-corrected chi connectivity index (χ1v) is 7.78. The fraction of sp³-hybridized carbons (Fsp3) is 0.462. The summed E-state index contributed by atoms with van der Waals surface area (Å²) in [6.07, 6.45) is 0.645. The molecule has 0 heterocycles. The van der Waals surface area contributed by atoms with Crippen LogP contribution in [0.15, 0.2) is 29.2 Å². The molecule has 1 saturated carbocycles.